The molecule has 0 spiro atoms. The highest BCUT2D eigenvalue weighted by molar-refractivity contribution is 5.14. The van der Waals surface area contributed by atoms with Gasteiger partial charge in [0, 0.05) is 0 Å². The van der Waals surface area contributed by atoms with Crippen LogP contribution in [0.15, 0.2) is 30.3 Å². The van der Waals surface area contributed by atoms with Crippen molar-refractivity contribution >= 4 is 0 Å². The maximum Gasteiger partial charge on any atom is -0.00463 e. The second kappa shape index (κ2) is 5.92. The van der Waals surface area contributed by atoms with E-state index in [1.807, 2.05) is 0 Å². The molecule has 82 valence electrons. The Kier molecular flexibility index (Phi) is 4.22. The van der Waals surface area contributed by atoms with E-state index in [1.165, 1.54) is 50.8 Å². The molecule has 0 radical (unpaired) electrons. The molecule has 1 heterocycles. The molecule has 1 N–H and O–H groups in total. The second-order valence-corrected chi connectivity index (χ2v) is 4.57. The third-order valence-electron chi connectivity index (χ3n) is 3.38. The molecule has 0 aliphatic carbocycles. The Bertz CT molecular complexity index is 260. The van der Waals surface area contributed by atoms with Crippen molar-refractivity contribution in [3.8, 4) is 0 Å². The minimum Gasteiger partial charge on any atom is -0.317 e. The number of rotatable bonds is 3. The van der Waals surface area contributed by atoms with E-state index >= 15 is 0 Å². The first-order valence-corrected chi connectivity index (χ1v) is 6.20. The SMILES string of the molecule is c1ccc(CCC2CCCNCC2)cc1. The Morgan fingerprint density at radius 2 is 1.93 bits per heavy atom. The number of nitrogens with one attached hydrogen (secondary N) is 1. The number of benzene rings is 1. The monoisotopic (exact) mass is 203 g/mol. The van der Waals surface area contributed by atoms with Gasteiger partial charge >= 0.3 is 0 Å². The van der Waals surface area contributed by atoms with Gasteiger partial charge in [0.25, 0.3) is 0 Å². The van der Waals surface area contributed by atoms with Crippen LogP contribution in [0, 0.1) is 5.92 Å². The maximum atomic E-state index is 3.48. The molecule has 1 fully saturated rings. The van der Waals surface area contributed by atoms with E-state index in [0.29, 0.717) is 0 Å². The molecule has 1 unspecified atom stereocenters. The summed E-state index contributed by atoms with van der Waals surface area (Å²) in [6, 6.07) is 10.9. The molecule has 1 nitrogen and oxygen atoms in total. The standard InChI is InChI=1S/C14H21N/c1-2-5-13(6-3-1)8-9-14-7-4-11-15-12-10-14/h1-3,5-6,14-15H,4,7-12H2. The summed E-state index contributed by atoms with van der Waals surface area (Å²) in [5.74, 6) is 0.945. The molecular weight excluding hydrogens is 182 g/mol. The van der Waals surface area contributed by atoms with E-state index in [-0.39, 0.29) is 0 Å². The molecule has 0 saturated carbocycles. The first kappa shape index (κ1) is 10.7. The lowest BCUT2D eigenvalue weighted by Gasteiger charge is -2.12. The zero-order valence-electron chi connectivity index (χ0n) is 9.41. The minimum atomic E-state index is 0.945. The van der Waals surface area contributed by atoms with Gasteiger partial charge in [-0.15, -0.1) is 0 Å². The first-order chi connectivity index (χ1) is 7.45. The van der Waals surface area contributed by atoms with Crippen LogP contribution >= 0.6 is 0 Å². The zero-order valence-corrected chi connectivity index (χ0v) is 9.41. The molecule has 2 rings (SSSR count). The molecule has 1 aromatic rings. The fourth-order valence-electron chi connectivity index (χ4n) is 2.40. The third-order valence-corrected chi connectivity index (χ3v) is 3.38. The predicted octanol–water partition coefficient (Wildman–Crippen LogP) is 3.01. The van der Waals surface area contributed by atoms with Crippen molar-refractivity contribution in [2.75, 3.05) is 13.1 Å². The van der Waals surface area contributed by atoms with Gasteiger partial charge < -0.3 is 5.32 Å². The average molecular weight is 203 g/mol. The summed E-state index contributed by atoms with van der Waals surface area (Å²) >= 11 is 0. The average Bonchev–Trinajstić information content (AvgIpc) is 2.56. The van der Waals surface area contributed by atoms with Gasteiger partial charge in [0.05, 0.1) is 0 Å². The van der Waals surface area contributed by atoms with Crippen LogP contribution in [0.3, 0.4) is 0 Å². The largest absolute Gasteiger partial charge is 0.317 e. The summed E-state index contributed by atoms with van der Waals surface area (Å²) in [6.45, 7) is 2.45. The van der Waals surface area contributed by atoms with Crippen molar-refractivity contribution in [1.29, 1.82) is 0 Å². The smallest absolute Gasteiger partial charge is 0.00463 e. The molecule has 1 aromatic carbocycles. The summed E-state index contributed by atoms with van der Waals surface area (Å²) in [5.41, 5.74) is 1.50. The van der Waals surface area contributed by atoms with Crippen LogP contribution in [0.1, 0.15) is 31.2 Å². The van der Waals surface area contributed by atoms with Crippen molar-refractivity contribution in [1.82, 2.24) is 5.32 Å². The third kappa shape index (κ3) is 3.67. The molecule has 0 bridgehead atoms. The predicted molar refractivity (Wildman–Crippen MR) is 65.0 cm³/mol. The quantitative estimate of drug-likeness (QED) is 0.796. The van der Waals surface area contributed by atoms with Crippen molar-refractivity contribution in [2.24, 2.45) is 5.92 Å². The van der Waals surface area contributed by atoms with Crippen LogP contribution in [0.25, 0.3) is 0 Å². The summed E-state index contributed by atoms with van der Waals surface area (Å²) in [4.78, 5) is 0. The summed E-state index contributed by atoms with van der Waals surface area (Å²) in [5, 5.41) is 3.48. The summed E-state index contributed by atoms with van der Waals surface area (Å²) < 4.78 is 0. The van der Waals surface area contributed by atoms with Gasteiger partial charge in [0.1, 0.15) is 0 Å². The van der Waals surface area contributed by atoms with E-state index in [0.717, 1.165) is 5.92 Å². The van der Waals surface area contributed by atoms with Crippen LogP contribution in [0.4, 0.5) is 0 Å². The molecule has 1 heteroatoms. The Morgan fingerprint density at radius 3 is 2.80 bits per heavy atom. The minimum absolute atomic E-state index is 0.945. The summed E-state index contributed by atoms with van der Waals surface area (Å²) in [6.07, 6.45) is 6.77. The highest BCUT2D eigenvalue weighted by Crippen LogP contribution is 2.19. The number of aryl methyl sites for hydroxylation is 1. The zero-order chi connectivity index (χ0) is 10.3. The Hall–Kier alpha value is -0.820. The molecule has 0 amide bonds. The van der Waals surface area contributed by atoms with Crippen LogP contribution in [-0.2, 0) is 6.42 Å². The van der Waals surface area contributed by atoms with E-state index in [4.69, 9.17) is 0 Å². The lowest BCUT2D eigenvalue weighted by Crippen LogP contribution is -2.14. The van der Waals surface area contributed by atoms with E-state index in [9.17, 15) is 0 Å². The van der Waals surface area contributed by atoms with Gasteiger partial charge in [0.2, 0.25) is 0 Å². The molecule has 1 atom stereocenters. The molecular formula is C14H21N. The van der Waals surface area contributed by atoms with Crippen LogP contribution < -0.4 is 5.32 Å². The van der Waals surface area contributed by atoms with Crippen LogP contribution in [0.5, 0.6) is 0 Å². The van der Waals surface area contributed by atoms with Crippen molar-refractivity contribution in [3.05, 3.63) is 35.9 Å². The molecule has 0 aromatic heterocycles. The lowest BCUT2D eigenvalue weighted by atomic mass is 9.93. The Balaban J connectivity index is 1.77. The number of hydrogen-bond acceptors (Lipinski definition) is 1. The van der Waals surface area contributed by atoms with Crippen molar-refractivity contribution in [2.45, 2.75) is 32.1 Å². The van der Waals surface area contributed by atoms with E-state index in [1.54, 1.807) is 0 Å². The van der Waals surface area contributed by atoms with Gasteiger partial charge in [-0.1, -0.05) is 30.3 Å². The van der Waals surface area contributed by atoms with Crippen molar-refractivity contribution < 1.29 is 0 Å². The van der Waals surface area contributed by atoms with Gasteiger partial charge in [-0.05, 0) is 56.7 Å². The topological polar surface area (TPSA) is 12.0 Å². The Morgan fingerprint density at radius 1 is 1.07 bits per heavy atom. The van der Waals surface area contributed by atoms with Crippen LogP contribution in [0.2, 0.25) is 0 Å². The number of hydrogen-bond donors (Lipinski definition) is 1. The normalized spacial score (nSPS) is 22.3. The molecule has 1 saturated heterocycles. The summed E-state index contributed by atoms with van der Waals surface area (Å²) in [7, 11) is 0. The molecule has 1 aliphatic rings. The van der Waals surface area contributed by atoms with Gasteiger partial charge in [-0.2, -0.15) is 0 Å². The molecule has 1 aliphatic heterocycles. The maximum absolute atomic E-state index is 3.48. The molecule has 15 heavy (non-hydrogen) atoms. The first-order valence-electron chi connectivity index (χ1n) is 6.20. The van der Waals surface area contributed by atoms with Gasteiger partial charge in [-0.3, -0.25) is 0 Å². The highest BCUT2D eigenvalue weighted by Gasteiger charge is 2.11. The fourth-order valence-corrected chi connectivity index (χ4v) is 2.40. The van der Waals surface area contributed by atoms with Crippen molar-refractivity contribution in [3.63, 3.8) is 0 Å². The Labute approximate surface area is 92.9 Å². The lowest BCUT2D eigenvalue weighted by molar-refractivity contribution is 0.439. The van der Waals surface area contributed by atoms with Gasteiger partial charge in [0.15, 0.2) is 0 Å². The highest BCUT2D eigenvalue weighted by atomic mass is 14.8. The van der Waals surface area contributed by atoms with Crippen LogP contribution in [-0.4, -0.2) is 13.1 Å². The van der Waals surface area contributed by atoms with Gasteiger partial charge in [-0.25, -0.2) is 0 Å². The fraction of sp³-hybridized carbons (Fsp3) is 0.571. The second-order valence-electron chi connectivity index (χ2n) is 4.57. The van der Waals surface area contributed by atoms with E-state index in [2.05, 4.69) is 35.6 Å². The van der Waals surface area contributed by atoms with E-state index < -0.39 is 0 Å².